The maximum absolute atomic E-state index is 11.2. The Bertz CT molecular complexity index is 347. The second kappa shape index (κ2) is 10.7. The Kier molecular flexibility index (Phi) is 10.5. The average molecular weight is 399 g/mol. The lowest BCUT2D eigenvalue weighted by Crippen LogP contribution is -2.53. The van der Waals surface area contributed by atoms with E-state index in [1.807, 2.05) is 0 Å². The van der Waals surface area contributed by atoms with E-state index in [0.29, 0.717) is 0 Å². The molecule has 0 amide bonds. The standard InChI is InChI=1S/C14H30N.C2BF8/c1-3-5-7-11-15(12-8-6-4-2)13-9-10-14-15;4-1(5,2(6,7)8)3(9,10)11/h3-14H2,1-2H3;/q+1;-1. The van der Waals surface area contributed by atoms with Crippen molar-refractivity contribution in [2.45, 2.75) is 77.2 Å². The second-order valence-corrected chi connectivity index (χ2v) is 7.05. The van der Waals surface area contributed by atoms with Crippen molar-refractivity contribution in [2.24, 2.45) is 0 Å². The summed E-state index contributed by atoms with van der Waals surface area (Å²) < 4.78 is 89.3. The SMILES string of the molecule is CCCCC[N+]1(CCCCC)CCCC1.F[B-](F)(F)C(F)(F)C(F)(F)F. The topological polar surface area (TPSA) is 0 Å². The number of alkyl halides is 5. The van der Waals surface area contributed by atoms with Gasteiger partial charge >= 0.3 is 19.0 Å². The van der Waals surface area contributed by atoms with E-state index in [2.05, 4.69) is 13.8 Å². The number of likely N-dealkylation sites (tertiary alicyclic amines) is 1. The summed E-state index contributed by atoms with van der Waals surface area (Å²) in [5, 5.41) is 0. The van der Waals surface area contributed by atoms with Gasteiger partial charge in [-0.15, -0.1) is 0 Å². The van der Waals surface area contributed by atoms with Gasteiger partial charge in [-0.3, -0.25) is 0 Å². The monoisotopic (exact) mass is 399 g/mol. The van der Waals surface area contributed by atoms with Gasteiger partial charge in [-0.1, -0.05) is 26.7 Å². The molecule has 0 aromatic heterocycles. The van der Waals surface area contributed by atoms with E-state index in [4.69, 9.17) is 0 Å². The van der Waals surface area contributed by atoms with Gasteiger partial charge in [-0.2, -0.15) is 13.2 Å². The number of rotatable bonds is 9. The van der Waals surface area contributed by atoms with Crippen LogP contribution in [0.25, 0.3) is 0 Å². The van der Waals surface area contributed by atoms with Gasteiger partial charge in [-0.05, 0) is 25.7 Å². The molecule has 0 aliphatic carbocycles. The molecule has 1 saturated heterocycles. The van der Waals surface area contributed by atoms with E-state index < -0.39 is 19.0 Å². The normalized spacial score (nSPS) is 17.8. The quantitative estimate of drug-likeness (QED) is 0.179. The first-order valence-electron chi connectivity index (χ1n) is 9.32. The first-order valence-corrected chi connectivity index (χ1v) is 9.32. The molecular weight excluding hydrogens is 369 g/mol. The molecule has 26 heavy (non-hydrogen) atoms. The molecule has 0 N–H and O–H groups in total. The summed E-state index contributed by atoms with van der Waals surface area (Å²) in [6.45, 7) is 3.31. The fraction of sp³-hybridized carbons (Fsp3) is 1.00. The molecule has 0 radical (unpaired) electrons. The van der Waals surface area contributed by atoms with Gasteiger partial charge in [0.05, 0.1) is 26.2 Å². The summed E-state index contributed by atoms with van der Waals surface area (Å²) in [6.07, 6.45) is 4.96. The van der Waals surface area contributed by atoms with Crippen molar-refractivity contribution in [3.8, 4) is 0 Å². The predicted molar refractivity (Wildman–Crippen MR) is 88.1 cm³/mol. The third-order valence-electron chi connectivity index (χ3n) is 4.78. The molecule has 1 aliphatic heterocycles. The Labute approximate surface area is 150 Å². The molecule has 0 aromatic carbocycles. The van der Waals surface area contributed by atoms with Gasteiger partial charge < -0.3 is 17.4 Å². The Morgan fingerprint density at radius 3 is 1.35 bits per heavy atom. The maximum Gasteiger partial charge on any atom is 0.558 e. The minimum absolute atomic E-state index is 1.37. The highest BCUT2D eigenvalue weighted by Crippen LogP contribution is 2.44. The molecule has 0 atom stereocenters. The lowest BCUT2D eigenvalue weighted by atomic mass is 9.80. The van der Waals surface area contributed by atoms with Crippen LogP contribution in [0.1, 0.15) is 65.2 Å². The first-order chi connectivity index (χ1) is 11.8. The van der Waals surface area contributed by atoms with Gasteiger partial charge in [-0.25, -0.2) is 8.78 Å². The van der Waals surface area contributed by atoms with Crippen LogP contribution in [0, 0.1) is 0 Å². The van der Waals surface area contributed by atoms with Crippen LogP contribution < -0.4 is 0 Å². The molecule has 1 nitrogen and oxygen atoms in total. The number of unbranched alkanes of at least 4 members (excludes halogenated alkanes) is 4. The van der Waals surface area contributed by atoms with Crippen LogP contribution in [0.3, 0.4) is 0 Å². The molecule has 158 valence electrons. The smallest absolute Gasteiger partial charge is 0.445 e. The Morgan fingerprint density at radius 1 is 0.731 bits per heavy atom. The van der Waals surface area contributed by atoms with Crippen LogP contribution in [0.4, 0.5) is 34.9 Å². The first kappa shape index (κ1) is 25.5. The molecule has 0 bridgehead atoms. The Morgan fingerprint density at radius 2 is 1.12 bits per heavy atom. The van der Waals surface area contributed by atoms with Gasteiger partial charge in [0.15, 0.2) is 0 Å². The minimum atomic E-state index is -7.21. The van der Waals surface area contributed by atoms with Crippen LogP contribution in [0.5, 0.6) is 0 Å². The largest absolute Gasteiger partial charge is 0.558 e. The number of nitrogens with zero attached hydrogens (tertiary/aromatic N) is 1. The van der Waals surface area contributed by atoms with E-state index in [1.165, 1.54) is 82.0 Å². The zero-order valence-electron chi connectivity index (χ0n) is 15.5. The number of halogens is 8. The number of quaternary nitrogens is 1. The molecule has 1 rings (SSSR count). The summed E-state index contributed by atoms with van der Waals surface area (Å²) >= 11 is 0. The number of hydrogen-bond donors (Lipinski definition) is 0. The van der Waals surface area contributed by atoms with Gasteiger partial charge in [0, 0.05) is 12.8 Å². The molecule has 10 heteroatoms. The van der Waals surface area contributed by atoms with E-state index in [1.54, 1.807) is 0 Å². The maximum atomic E-state index is 11.2. The van der Waals surface area contributed by atoms with Crippen molar-refractivity contribution in [3.05, 3.63) is 0 Å². The Balaban J connectivity index is 0.000000508. The second-order valence-electron chi connectivity index (χ2n) is 7.05. The van der Waals surface area contributed by atoms with Crippen LogP contribution in [-0.4, -0.2) is 49.6 Å². The summed E-state index contributed by atoms with van der Waals surface area (Å²) in [4.78, 5) is 0. The fourth-order valence-electron chi connectivity index (χ4n) is 3.15. The van der Waals surface area contributed by atoms with Gasteiger partial charge in [0.1, 0.15) is 0 Å². The zero-order chi connectivity index (χ0) is 20.5. The van der Waals surface area contributed by atoms with Crippen molar-refractivity contribution in [1.82, 2.24) is 0 Å². The van der Waals surface area contributed by atoms with E-state index in [9.17, 15) is 34.9 Å². The molecular formula is C16H30BF8N. The van der Waals surface area contributed by atoms with Crippen LogP contribution in [0.2, 0.25) is 0 Å². The average Bonchev–Trinajstić information content (AvgIpc) is 2.95. The highest BCUT2D eigenvalue weighted by Gasteiger charge is 2.69. The van der Waals surface area contributed by atoms with E-state index in [-0.39, 0.29) is 0 Å². The van der Waals surface area contributed by atoms with Crippen LogP contribution in [0.15, 0.2) is 0 Å². The minimum Gasteiger partial charge on any atom is -0.445 e. The van der Waals surface area contributed by atoms with Crippen molar-refractivity contribution >= 4 is 6.98 Å². The molecule has 0 aromatic rings. The summed E-state index contributed by atoms with van der Waals surface area (Å²) in [7, 11) is 0. The predicted octanol–water partition coefficient (Wildman–Crippen LogP) is 6.55. The Hall–Kier alpha value is -0.535. The summed E-state index contributed by atoms with van der Waals surface area (Å²) in [5.41, 5.74) is 0. The summed E-state index contributed by atoms with van der Waals surface area (Å²) in [5.74, 6) is -6.56. The van der Waals surface area contributed by atoms with Crippen molar-refractivity contribution in [3.63, 3.8) is 0 Å². The molecule has 0 spiro atoms. The zero-order valence-corrected chi connectivity index (χ0v) is 15.5. The lowest BCUT2D eigenvalue weighted by Gasteiger charge is -2.34. The van der Waals surface area contributed by atoms with Crippen LogP contribution in [-0.2, 0) is 0 Å². The highest BCUT2D eigenvalue weighted by atomic mass is 19.4. The molecule has 0 unspecified atom stereocenters. The molecule has 1 aliphatic rings. The lowest BCUT2D eigenvalue weighted by molar-refractivity contribution is -0.917. The van der Waals surface area contributed by atoms with Gasteiger partial charge in [0.25, 0.3) is 0 Å². The summed E-state index contributed by atoms with van der Waals surface area (Å²) in [6, 6.07) is 0. The van der Waals surface area contributed by atoms with Crippen molar-refractivity contribution in [1.29, 1.82) is 0 Å². The third kappa shape index (κ3) is 8.00. The van der Waals surface area contributed by atoms with E-state index in [0.717, 1.165) is 0 Å². The molecule has 1 fully saturated rings. The van der Waals surface area contributed by atoms with Crippen LogP contribution >= 0.6 is 0 Å². The van der Waals surface area contributed by atoms with E-state index >= 15 is 0 Å². The third-order valence-corrected chi connectivity index (χ3v) is 4.78. The highest BCUT2D eigenvalue weighted by molar-refractivity contribution is 6.61. The van der Waals surface area contributed by atoms with Crippen molar-refractivity contribution in [2.75, 3.05) is 26.2 Å². The number of hydrogen-bond acceptors (Lipinski definition) is 0. The van der Waals surface area contributed by atoms with Crippen molar-refractivity contribution < 1.29 is 39.4 Å². The molecule has 1 heterocycles. The fourth-order valence-corrected chi connectivity index (χ4v) is 3.15. The van der Waals surface area contributed by atoms with Gasteiger partial charge in [0.2, 0.25) is 0 Å². The molecule has 0 saturated carbocycles.